The Morgan fingerprint density at radius 2 is 2.22 bits per heavy atom. The zero-order valence-electron chi connectivity index (χ0n) is 14.2. The van der Waals surface area contributed by atoms with E-state index in [-0.39, 0.29) is 0 Å². The summed E-state index contributed by atoms with van der Waals surface area (Å²) < 4.78 is 0. The van der Waals surface area contributed by atoms with Gasteiger partial charge in [0, 0.05) is 58.2 Å². The van der Waals surface area contributed by atoms with Gasteiger partial charge in [-0.05, 0) is 37.0 Å². The van der Waals surface area contributed by atoms with E-state index in [1.54, 1.807) is 0 Å². The van der Waals surface area contributed by atoms with E-state index in [1.165, 1.54) is 17.5 Å². The van der Waals surface area contributed by atoms with Crippen LogP contribution in [0.3, 0.4) is 0 Å². The lowest BCUT2D eigenvalue weighted by Gasteiger charge is -2.25. The quantitative estimate of drug-likeness (QED) is 0.519. The van der Waals surface area contributed by atoms with E-state index in [4.69, 9.17) is 0 Å². The Labute approximate surface area is 139 Å². The molecule has 1 atom stereocenters. The van der Waals surface area contributed by atoms with E-state index < -0.39 is 0 Å². The zero-order valence-corrected chi connectivity index (χ0v) is 14.2. The summed E-state index contributed by atoms with van der Waals surface area (Å²) in [5, 5.41) is 3.52. The Hall–Kier alpha value is -1.88. The van der Waals surface area contributed by atoms with Crippen molar-refractivity contribution in [3.63, 3.8) is 0 Å². The highest BCUT2D eigenvalue weighted by molar-refractivity contribution is 5.80. The third kappa shape index (κ3) is 3.91. The van der Waals surface area contributed by atoms with E-state index in [1.807, 2.05) is 19.4 Å². The molecule has 0 aliphatic carbocycles. The summed E-state index contributed by atoms with van der Waals surface area (Å²) >= 11 is 0. The molecule has 3 rings (SSSR count). The smallest absolute Gasteiger partial charge is 0.193 e. The monoisotopic (exact) mass is 313 g/mol. The van der Waals surface area contributed by atoms with Crippen LogP contribution in [0.5, 0.6) is 0 Å². The number of nitrogens with zero attached hydrogens (tertiary/aromatic N) is 4. The minimum Gasteiger partial charge on any atom is -0.356 e. The number of aryl methyl sites for hydroxylation is 1. The average Bonchev–Trinajstić information content (AvgIpc) is 3.24. The van der Waals surface area contributed by atoms with Crippen LogP contribution in [-0.2, 0) is 6.42 Å². The fraction of sp³-hybridized carbons (Fsp3) is 0.556. The van der Waals surface area contributed by atoms with Gasteiger partial charge in [0.15, 0.2) is 5.96 Å². The fourth-order valence-corrected chi connectivity index (χ4v) is 3.45. The first kappa shape index (κ1) is 16.0. The van der Waals surface area contributed by atoms with Gasteiger partial charge in [-0.25, -0.2) is 0 Å². The van der Waals surface area contributed by atoms with Gasteiger partial charge in [-0.1, -0.05) is 12.2 Å². The second kappa shape index (κ2) is 7.59. The number of pyridine rings is 1. The fourth-order valence-electron chi connectivity index (χ4n) is 3.45. The molecule has 124 valence electrons. The largest absolute Gasteiger partial charge is 0.356 e. The van der Waals surface area contributed by atoms with Crippen LogP contribution >= 0.6 is 0 Å². The molecular weight excluding hydrogens is 286 g/mol. The standard InChI is InChI=1S/C18H27N5/c1-15-13-20-8-5-16(15)6-9-21-18(19-2)23-12-7-17(14-23)22-10-3-4-11-22/h3-5,8,13,17H,6-7,9-12,14H2,1-2H3,(H,19,21). The molecule has 1 aromatic heterocycles. The molecule has 23 heavy (non-hydrogen) atoms. The number of nitrogens with one attached hydrogen (secondary N) is 1. The lowest BCUT2D eigenvalue weighted by molar-refractivity contribution is 0.259. The normalized spacial score (nSPS) is 22.1. The van der Waals surface area contributed by atoms with Gasteiger partial charge < -0.3 is 10.2 Å². The van der Waals surface area contributed by atoms with Crippen LogP contribution in [0.4, 0.5) is 0 Å². The lowest BCUT2D eigenvalue weighted by Crippen LogP contribution is -2.43. The zero-order chi connectivity index (χ0) is 16.1. The summed E-state index contributed by atoms with van der Waals surface area (Å²) in [5.74, 6) is 1.03. The second-order valence-electron chi connectivity index (χ2n) is 6.34. The van der Waals surface area contributed by atoms with Crippen molar-refractivity contribution in [2.45, 2.75) is 25.8 Å². The molecule has 0 aromatic carbocycles. The van der Waals surface area contributed by atoms with Crippen molar-refractivity contribution in [1.29, 1.82) is 0 Å². The summed E-state index contributed by atoms with van der Waals surface area (Å²) in [6.45, 7) is 7.40. The minimum atomic E-state index is 0.658. The maximum absolute atomic E-state index is 4.47. The Balaban J connectivity index is 1.48. The minimum absolute atomic E-state index is 0.658. The summed E-state index contributed by atoms with van der Waals surface area (Å²) in [7, 11) is 1.88. The van der Waals surface area contributed by atoms with Gasteiger partial charge in [-0.2, -0.15) is 0 Å². The number of hydrogen-bond acceptors (Lipinski definition) is 3. The van der Waals surface area contributed by atoms with Crippen LogP contribution in [0.2, 0.25) is 0 Å². The molecular formula is C18H27N5. The van der Waals surface area contributed by atoms with Crippen molar-refractivity contribution >= 4 is 5.96 Å². The number of hydrogen-bond donors (Lipinski definition) is 1. The Bertz CT molecular complexity index is 573. The molecule has 5 heteroatoms. The summed E-state index contributed by atoms with van der Waals surface area (Å²) in [6.07, 6.45) is 10.6. The number of aliphatic imine (C=N–C) groups is 1. The molecule has 1 fully saturated rings. The molecule has 1 saturated heterocycles. The van der Waals surface area contributed by atoms with Gasteiger partial charge in [-0.3, -0.25) is 14.9 Å². The molecule has 0 spiro atoms. The van der Waals surface area contributed by atoms with Gasteiger partial charge in [0.05, 0.1) is 0 Å². The predicted octanol–water partition coefficient (Wildman–Crippen LogP) is 1.45. The summed E-state index contributed by atoms with van der Waals surface area (Å²) in [4.78, 5) is 13.6. The molecule has 3 heterocycles. The lowest BCUT2D eigenvalue weighted by atomic mass is 10.1. The van der Waals surface area contributed by atoms with E-state index in [9.17, 15) is 0 Å². The van der Waals surface area contributed by atoms with Crippen LogP contribution < -0.4 is 5.32 Å². The predicted molar refractivity (Wildman–Crippen MR) is 94.7 cm³/mol. The average molecular weight is 313 g/mol. The number of rotatable bonds is 4. The third-order valence-electron chi connectivity index (χ3n) is 4.85. The highest BCUT2D eigenvalue weighted by Gasteiger charge is 2.29. The second-order valence-corrected chi connectivity index (χ2v) is 6.34. The van der Waals surface area contributed by atoms with Gasteiger partial charge in [0.2, 0.25) is 0 Å². The number of aromatic nitrogens is 1. The Morgan fingerprint density at radius 3 is 2.96 bits per heavy atom. The molecule has 5 nitrogen and oxygen atoms in total. The van der Waals surface area contributed by atoms with Crippen molar-refractivity contribution in [3.8, 4) is 0 Å². The Morgan fingerprint density at radius 1 is 1.39 bits per heavy atom. The highest BCUT2D eigenvalue weighted by Crippen LogP contribution is 2.17. The van der Waals surface area contributed by atoms with Crippen molar-refractivity contribution in [1.82, 2.24) is 20.1 Å². The van der Waals surface area contributed by atoms with Crippen LogP contribution in [0.1, 0.15) is 17.5 Å². The molecule has 2 aliphatic rings. The molecule has 2 aliphatic heterocycles. The first-order valence-corrected chi connectivity index (χ1v) is 8.52. The van der Waals surface area contributed by atoms with E-state index >= 15 is 0 Å². The molecule has 0 radical (unpaired) electrons. The van der Waals surface area contributed by atoms with Gasteiger partial charge in [-0.15, -0.1) is 0 Å². The van der Waals surface area contributed by atoms with E-state index in [0.29, 0.717) is 6.04 Å². The number of guanidine groups is 1. The van der Waals surface area contributed by atoms with E-state index in [2.05, 4.69) is 50.2 Å². The Kier molecular flexibility index (Phi) is 5.28. The third-order valence-corrected chi connectivity index (χ3v) is 4.85. The molecule has 1 aromatic rings. The van der Waals surface area contributed by atoms with Gasteiger partial charge in [0.25, 0.3) is 0 Å². The summed E-state index contributed by atoms with van der Waals surface area (Å²) in [5.41, 5.74) is 2.61. The molecule has 1 N–H and O–H groups in total. The van der Waals surface area contributed by atoms with Crippen LogP contribution in [-0.4, -0.2) is 66.6 Å². The van der Waals surface area contributed by atoms with E-state index in [0.717, 1.165) is 45.1 Å². The molecule has 0 bridgehead atoms. The SMILES string of the molecule is CN=C(NCCc1ccncc1C)N1CCC(N2CC=CC2)C1. The van der Waals surface area contributed by atoms with Crippen molar-refractivity contribution in [3.05, 3.63) is 41.7 Å². The van der Waals surface area contributed by atoms with Crippen molar-refractivity contribution in [2.24, 2.45) is 4.99 Å². The number of likely N-dealkylation sites (tertiary alicyclic amines) is 1. The first-order chi connectivity index (χ1) is 11.3. The van der Waals surface area contributed by atoms with Gasteiger partial charge >= 0.3 is 0 Å². The van der Waals surface area contributed by atoms with Crippen molar-refractivity contribution < 1.29 is 0 Å². The van der Waals surface area contributed by atoms with Crippen LogP contribution in [0, 0.1) is 6.92 Å². The highest BCUT2D eigenvalue weighted by atomic mass is 15.3. The summed E-state index contributed by atoms with van der Waals surface area (Å²) in [6, 6.07) is 2.76. The van der Waals surface area contributed by atoms with Crippen molar-refractivity contribution in [2.75, 3.05) is 39.8 Å². The van der Waals surface area contributed by atoms with Gasteiger partial charge in [0.1, 0.15) is 0 Å². The first-order valence-electron chi connectivity index (χ1n) is 8.52. The van der Waals surface area contributed by atoms with Crippen LogP contribution in [0.25, 0.3) is 0 Å². The molecule has 0 saturated carbocycles. The van der Waals surface area contributed by atoms with Crippen LogP contribution in [0.15, 0.2) is 35.6 Å². The molecule has 1 unspecified atom stereocenters. The maximum atomic E-state index is 4.47. The molecule has 0 amide bonds. The topological polar surface area (TPSA) is 43.8 Å². The maximum Gasteiger partial charge on any atom is 0.193 e.